The average Bonchev–Trinajstić information content (AvgIpc) is 3.49. The number of hydrogen-bond acceptors (Lipinski definition) is 8. The van der Waals surface area contributed by atoms with Crippen molar-refractivity contribution in [1.82, 2.24) is 4.58 Å². The summed E-state index contributed by atoms with van der Waals surface area (Å²) in [6, 6.07) is 19.6. The van der Waals surface area contributed by atoms with Crippen molar-refractivity contribution in [3.8, 4) is 22.5 Å². The number of hydrogen-bond donors (Lipinski definition) is 1. The third-order valence-electron chi connectivity index (χ3n) is 14.6. The van der Waals surface area contributed by atoms with E-state index in [-0.39, 0.29) is 54.6 Å². The van der Waals surface area contributed by atoms with Gasteiger partial charge in [-0.3, -0.25) is 14.4 Å². The Hall–Kier alpha value is -4.86. The average molecular weight is 819 g/mol. The van der Waals surface area contributed by atoms with Gasteiger partial charge in [-0.05, 0) is 107 Å². The minimum atomic E-state index is -1.83. The molecule has 5 aliphatic carbocycles. The predicted molar refractivity (Wildman–Crippen MR) is 225 cm³/mol. The van der Waals surface area contributed by atoms with E-state index in [1.54, 1.807) is 24.3 Å². The molecule has 6 atom stereocenters. The number of anilines is 1. The summed E-state index contributed by atoms with van der Waals surface area (Å²) in [5.74, 6) is -1.02. The molecule has 3 fully saturated rings. The summed E-state index contributed by atoms with van der Waals surface area (Å²) in [6.07, 6.45) is 7.41. The van der Waals surface area contributed by atoms with Crippen LogP contribution in [0.25, 0.3) is 33.4 Å². The van der Waals surface area contributed by atoms with Crippen molar-refractivity contribution in [2.24, 2.45) is 28.6 Å². The van der Waals surface area contributed by atoms with Gasteiger partial charge in [0.2, 0.25) is 11.1 Å². The number of nitrogens with zero attached hydrogens (tertiary/aromatic N) is 2. The summed E-state index contributed by atoms with van der Waals surface area (Å²) >= 11 is 0. The second-order valence-electron chi connectivity index (χ2n) is 17.2. The van der Waals surface area contributed by atoms with Crippen molar-refractivity contribution in [2.75, 3.05) is 37.7 Å². The van der Waals surface area contributed by atoms with E-state index in [1.165, 1.54) is 0 Å². The van der Waals surface area contributed by atoms with Crippen molar-refractivity contribution in [3.05, 3.63) is 95.4 Å². The fourth-order valence-electron chi connectivity index (χ4n) is 11.4. The molecule has 59 heavy (non-hydrogen) atoms. The molecule has 6 aliphatic rings. The van der Waals surface area contributed by atoms with E-state index in [0.717, 1.165) is 65.7 Å². The van der Waals surface area contributed by atoms with E-state index in [4.69, 9.17) is 9.15 Å². The zero-order valence-corrected chi connectivity index (χ0v) is 35.7. The smallest absolute Gasteiger partial charge is 0.339 e. The summed E-state index contributed by atoms with van der Waals surface area (Å²) in [7, 11) is 0. The number of allylic oxidation sites excluding steroid dienone is 4. The SMILES string of the molecule is CCN(CC)c1ccc2c(-c3ccccc3C(=O)OCC(=O)[C@@]3(O)CC[C@H]4[C@@H]5CCC6=CC(=O)C=C[C@]6(C)[C@H]5C(=O)C[C@@]43C)c3ccc(=[N+](CC)CC)cc-3oc2c1.[Cl-]. The maximum atomic E-state index is 14.2. The molecule has 8 rings (SSSR count). The Morgan fingerprint density at radius 2 is 1.69 bits per heavy atom. The molecule has 1 N–H and O–H groups in total. The van der Waals surface area contributed by atoms with Crippen LogP contribution in [0.1, 0.15) is 84.0 Å². The molecule has 0 bridgehead atoms. The molecule has 0 amide bonds. The number of halogens is 1. The van der Waals surface area contributed by atoms with Gasteiger partial charge < -0.3 is 31.6 Å². The molecular formula is C49H55ClN2O7. The van der Waals surface area contributed by atoms with Crippen LogP contribution in [-0.2, 0) is 19.1 Å². The van der Waals surface area contributed by atoms with Crippen LogP contribution in [0.4, 0.5) is 5.69 Å². The number of Topliss-reactive ketones (excluding diaryl/α,β-unsaturated/α-hetero) is 2. The van der Waals surface area contributed by atoms with Crippen LogP contribution in [0.2, 0.25) is 0 Å². The minimum Gasteiger partial charge on any atom is -1.00 e. The Morgan fingerprint density at radius 1 is 0.949 bits per heavy atom. The molecule has 10 heteroatoms. The summed E-state index contributed by atoms with van der Waals surface area (Å²) in [6.45, 7) is 15.1. The molecule has 0 unspecified atom stereocenters. The molecule has 2 aromatic carbocycles. The summed E-state index contributed by atoms with van der Waals surface area (Å²) in [5.41, 5.74) is 1.94. The number of aliphatic hydroxyl groups is 1. The fourth-order valence-corrected chi connectivity index (χ4v) is 11.4. The van der Waals surface area contributed by atoms with Crippen molar-refractivity contribution in [1.29, 1.82) is 0 Å². The van der Waals surface area contributed by atoms with Crippen molar-refractivity contribution in [2.45, 2.75) is 79.2 Å². The number of rotatable bonds is 10. The van der Waals surface area contributed by atoms with Crippen LogP contribution < -0.4 is 27.2 Å². The predicted octanol–water partition coefficient (Wildman–Crippen LogP) is 4.81. The number of esters is 1. The molecule has 1 aliphatic heterocycles. The normalized spacial score (nSPS) is 27.0. The van der Waals surface area contributed by atoms with Gasteiger partial charge in [0.1, 0.15) is 35.8 Å². The highest BCUT2D eigenvalue weighted by molar-refractivity contribution is 6.08. The lowest BCUT2D eigenvalue weighted by Gasteiger charge is -2.56. The van der Waals surface area contributed by atoms with Crippen LogP contribution in [-0.4, -0.2) is 66.8 Å². The third-order valence-corrected chi connectivity index (χ3v) is 14.6. The maximum Gasteiger partial charge on any atom is 0.339 e. The zero-order chi connectivity index (χ0) is 41.1. The second-order valence-corrected chi connectivity index (χ2v) is 17.2. The second kappa shape index (κ2) is 16.0. The standard InChI is InChI=1S/C49H55N2O7.ClH/c1-7-50(8-2)31-16-19-37-41(26-31)58-42-27-32(51(9-3)10-4)17-20-38(42)44(37)34-13-11-12-14-35(34)46(55)57-29-43(54)49(56)24-22-39-36-18-15-30-25-33(52)21-23-47(30,5)45(36)40(53)28-48(39,49)6;/h11-14,16-17,19-21,23,25-27,36,39,45,56H,7-10,15,18,22,24,28-29H2,1-6H3;1H/q+1;/p-1/t36-,39-,45+,47-,48-,49-;/m0./s1. The first-order chi connectivity index (χ1) is 27.8. The van der Waals surface area contributed by atoms with Gasteiger partial charge in [0.05, 0.1) is 11.6 Å². The summed E-state index contributed by atoms with van der Waals surface area (Å²) in [4.78, 5) is 57.0. The Kier molecular flexibility index (Phi) is 11.4. The van der Waals surface area contributed by atoms with Crippen LogP contribution >= 0.6 is 0 Å². The van der Waals surface area contributed by atoms with Crippen LogP contribution in [0, 0.1) is 28.6 Å². The Morgan fingerprint density at radius 3 is 2.42 bits per heavy atom. The molecule has 9 nitrogen and oxygen atoms in total. The maximum absolute atomic E-state index is 14.2. The molecule has 1 heterocycles. The lowest BCUT2D eigenvalue weighted by Crippen LogP contribution is -3.00. The lowest BCUT2D eigenvalue weighted by atomic mass is 9.46. The molecule has 3 saturated carbocycles. The van der Waals surface area contributed by atoms with Gasteiger partial charge >= 0.3 is 5.97 Å². The zero-order valence-electron chi connectivity index (χ0n) is 35.0. The molecule has 310 valence electrons. The van der Waals surface area contributed by atoms with Crippen LogP contribution in [0.5, 0.6) is 0 Å². The highest BCUT2D eigenvalue weighted by Gasteiger charge is 2.68. The summed E-state index contributed by atoms with van der Waals surface area (Å²) in [5, 5.41) is 14.2. The number of benzene rings is 3. The highest BCUT2D eigenvalue weighted by Crippen LogP contribution is 2.66. The Balaban J connectivity index is 0.00000528. The number of carbonyl (C=O) groups excluding carboxylic acids is 4. The third kappa shape index (κ3) is 6.69. The first-order valence-electron chi connectivity index (χ1n) is 21.1. The van der Waals surface area contributed by atoms with Gasteiger partial charge in [0.25, 0.3) is 0 Å². The molecule has 0 radical (unpaired) electrons. The topological polar surface area (TPSA) is 117 Å². The van der Waals surface area contributed by atoms with Gasteiger partial charge in [-0.2, -0.15) is 0 Å². The summed E-state index contributed by atoms with van der Waals surface area (Å²) < 4.78 is 14.8. The highest BCUT2D eigenvalue weighted by atomic mass is 35.5. The van der Waals surface area contributed by atoms with E-state index in [2.05, 4.69) is 61.4 Å². The molecule has 0 aromatic heterocycles. The minimum absolute atomic E-state index is 0. The van der Waals surface area contributed by atoms with Gasteiger partial charge in [0, 0.05) is 70.6 Å². The van der Waals surface area contributed by atoms with Gasteiger partial charge in [0.15, 0.2) is 12.4 Å². The van der Waals surface area contributed by atoms with E-state index in [0.29, 0.717) is 35.3 Å². The Labute approximate surface area is 352 Å². The molecule has 0 saturated heterocycles. The van der Waals surface area contributed by atoms with Crippen molar-refractivity contribution < 1.29 is 45.8 Å². The number of carbonyl (C=O) groups is 4. The number of ether oxygens (including phenoxy) is 1. The molecule has 2 aromatic rings. The number of ketones is 3. The van der Waals surface area contributed by atoms with E-state index in [1.807, 2.05) is 44.2 Å². The monoisotopic (exact) mass is 818 g/mol. The van der Waals surface area contributed by atoms with E-state index in [9.17, 15) is 24.3 Å². The van der Waals surface area contributed by atoms with Crippen LogP contribution in [0.15, 0.2) is 88.9 Å². The first kappa shape index (κ1) is 42.3. The van der Waals surface area contributed by atoms with Crippen LogP contribution in [0.3, 0.4) is 0 Å². The van der Waals surface area contributed by atoms with Crippen molar-refractivity contribution in [3.63, 3.8) is 0 Å². The molecule has 0 spiro atoms. The lowest BCUT2D eigenvalue weighted by molar-refractivity contribution is -0.169. The van der Waals surface area contributed by atoms with Gasteiger partial charge in [-0.15, -0.1) is 0 Å². The first-order valence-corrected chi connectivity index (χ1v) is 21.1. The van der Waals surface area contributed by atoms with Gasteiger partial charge in [-0.25, -0.2) is 9.37 Å². The quantitative estimate of drug-likeness (QED) is 0.138. The Bertz CT molecular complexity index is 2460. The van der Waals surface area contributed by atoms with Gasteiger partial charge in [-0.1, -0.05) is 43.7 Å². The molecular weight excluding hydrogens is 764 g/mol. The largest absolute Gasteiger partial charge is 1.00 e. The fraction of sp³-hybridized carbons (Fsp3) is 0.449. The van der Waals surface area contributed by atoms with E-state index < -0.39 is 34.8 Å². The van der Waals surface area contributed by atoms with Crippen molar-refractivity contribution >= 4 is 40.0 Å². The van der Waals surface area contributed by atoms with E-state index >= 15 is 0 Å². The number of fused-ring (bicyclic) bond motifs is 7.